The molecule has 1 fully saturated rings. The number of amides is 2. The van der Waals surface area contributed by atoms with Crippen LogP contribution in [-0.2, 0) is 0 Å². The Morgan fingerprint density at radius 2 is 2.12 bits per heavy atom. The lowest BCUT2D eigenvalue weighted by molar-refractivity contribution is 0.193. The summed E-state index contributed by atoms with van der Waals surface area (Å²) >= 11 is 11.8. The molecule has 7 nitrogen and oxygen atoms in total. The number of carbonyl (C=O) groups is 1. The fourth-order valence-electron chi connectivity index (χ4n) is 2.50. The Bertz CT molecular complexity index is 559. The molecule has 2 amide bonds. The van der Waals surface area contributed by atoms with Crippen LogP contribution in [-0.4, -0.2) is 37.6 Å². The number of nitrogens with one attached hydrogen (secondary N) is 5. The molecular formula is C15H24Cl2N6O. The molecule has 7 N–H and O–H groups in total. The molecule has 2 rings (SSSR count). The molecule has 1 heterocycles. The molecule has 0 radical (unpaired) electrons. The first-order valence-corrected chi connectivity index (χ1v) is 8.71. The van der Waals surface area contributed by atoms with E-state index in [0.29, 0.717) is 22.3 Å². The summed E-state index contributed by atoms with van der Waals surface area (Å²) in [5.41, 5.74) is 6.07. The minimum Gasteiger partial charge on any atom is -0.330 e. The van der Waals surface area contributed by atoms with Crippen LogP contribution in [0.25, 0.3) is 0 Å². The third kappa shape index (κ3) is 6.08. The topological polar surface area (TPSA) is 103 Å². The number of benzene rings is 1. The maximum absolute atomic E-state index is 12.1. The number of urea groups is 1. The molecular weight excluding hydrogens is 351 g/mol. The van der Waals surface area contributed by atoms with Crippen LogP contribution in [0.4, 0.5) is 10.5 Å². The smallest absolute Gasteiger partial charge is 0.321 e. The van der Waals surface area contributed by atoms with E-state index in [0.717, 1.165) is 19.4 Å². The SMILES string of the molecule is CC1CC(NCCCN)NC(NC(=O)Nc2ccc(Cl)c(Cl)c2)N1. The molecule has 1 aromatic rings. The molecule has 1 saturated heterocycles. The summed E-state index contributed by atoms with van der Waals surface area (Å²) in [7, 11) is 0. The molecule has 0 aromatic heterocycles. The molecule has 0 aliphatic carbocycles. The van der Waals surface area contributed by atoms with Gasteiger partial charge in [0.2, 0.25) is 0 Å². The Balaban J connectivity index is 1.84. The quantitative estimate of drug-likeness (QED) is 0.425. The number of hydrogen-bond donors (Lipinski definition) is 6. The molecule has 0 saturated carbocycles. The Labute approximate surface area is 152 Å². The lowest BCUT2D eigenvalue weighted by Gasteiger charge is -2.36. The van der Waals surface area contributed by atoms with Crippen molar-refractivity contribution >= 4 is 34.9 Å². The Hall–Kier alpha value is -1.09. The molecule has 134 valence electrons. The second-order valence-corrected chi connectivity index (χ2v) is 6.59. The molecule has 0 bridgehead atoms. The first-order chi connectivity index (χ1) is 11.5. The molecule has 9 heteroatoms. The summed E-state index contributed by atoms with van der Waals surface area (Å²) in [6.45, 7) is 3.56. The van der Waals surface area contributed by atoms with Gasteiger partial charge in [-0.15, -0.1) is 0 Å². The normalized spacial score (nSPS) is 23.8. The van der Waals surface area contributed by atoms with Gasteiger partial charge in [0.15, 0.2) is 0 Å². The fourth-order valence-corrected chi connectivity index (χ4v) is 2.80. The minimum absolute atomic E-state index is 0.114. The zero-order valence-corrected chi connectivity index (χ0v) is 15.0. The molecule has 3 unspecified atom stereocenters. The van der Waals surface area contributed by atoms with E-state index in [1.807, 2.05) is 0 Å². The maximum Gasteiger partial charge on any atom is 0.321 e. The Morgan fingerprint density at radius 3 is 2.83 bits per heavy atom. The fraction of sp³-hybridized carbons (Fsp3) is 0.533. The summed E-state index contributed by atoms with van der Waals surface area (Å²) < 4.78 is 0. The van der Waals surface area contributed by atoms with Crippen molar-refractivity contribution in [3.05, 3.63) is 28.2 Å². The third-order valence-electron chi connectivity index (χ3n) is 3.63. The van der Waals surface area contributed by atoms with Gasteiger partial charge in [-0.25, -0.2) is 4.79 Å². The van der Waals surface area contributed by atoms with Crippen LogP contribution < -0.4 is 32.3 Å². The highest BCUT2D eigenvalue weighted by Gasteiger charge is 2.25. The Morgan fingerprint density at radius 1 is 1.33 bits per heavy atom. The molecule has 24 heavy (non-hydrogen) atoms. The van der Waals surface area contributed by atoms with E-state index < -0.39 is 0 Å². The molecule has 3 atom stereocenters. The van der Waals surface area contributed by atoms with E-state index in [1.165, 1.54) is 0 Å². The summed E-state index contributed by atoms with van der Waals surface area (Å²) in [5.74, 6) is 0. The van der Waals surface area contributed by atoms with E-state index in [1.54, 1.807) is 18.2 Å². The maximum atomic E-state index is 12.1. The predicted octanol–water partition coefficient (Wildman–Crippen LogP) is 1.63. The zero-order valence-electron chi connectivity index (χ0n) is 13.5. The van der Waals surface area contributed by atoms with Crippen LogP contribution in [0, 0.1) is 0 Å². The van der Waals surface area contributed by atoms with Gasteiger partial charge in [0.1, 0.15) is 6.29 Å². The number of nitrogens with two attached hydrogens (primary N) is 1. The molecule has 1 aromatic carbocycles. The number of hydrogen-bond acceptors (Lipinski definition) is 5. The van der Waals surface area contributed by atoms with Gasteiger partial charge in [0, 0.05) is 11.7 Å². The van der Waals surface area contributed by atoms with Crippen molar-refractivity contribution in [2.45, 2.75) is 38.3 Å². The number of anilines is 1. The molecule has 1 aliphatic heterocycles. The van der Waals surface area contributed by atoms with E-state index in [2.05, 4.69) is 33.5 Å². The van der Waals surface area contributed by atoms with Gasteiger partial charge in [-0.3, -0.25) is 10.6 Å². The zero-order chi connectivity index (χ0) is 17.5. The number of halogens is 2. The van der Waals surface area contributed by atoms with Gasteiger partial charge >= 0.3 is 6.03 Å². The summed E-state index contributed by atoms with van der Waals surface area (Å²) in [6, 6.07) is 4.85. The lowest BCUT2D eigenvalue weighted by Crippen LogP contribution is -2.67. The van der Waals surface area contributed by atoms with Gasteiger partial charge < -0.3 is 21.7 Å². The Kier molecular flexibility index (Phi) is 7.54. The van der Waals surface area contributed by atoms with Gasteiger partial charge in [-0.1, -0.05) is 23.2 Å². The largest absolute Gasteiger partial charge is 0.330 e. The van der Waals surface area contributed by atoms with Crippen LogP contribution in [0.5, 0.6) is 0 Å². The highest BCUT2D eigenvalue weighted by Crippen LogP contribution is 2.24. The van der Waals surface area contributed by atoms with Crippen LogP contribution in [0.2, 0.25) is 10.0 Å². The lowest BCUT2D eigenvalue weighted by atomic mass is 10.1. The summed E-state index contributed by atoms with van der Waals surface area (Å²) in [5, 5.41) is 16.4. The van der Waals surface area contributed by atoms with Crippen LogP contribution >= 0.6 is 23.2 Å². The van der Waals surface area contributed by atoms with Gasteiger partial charge in [-0.2, -0.15) is 0 Å². The second-order valence-electron chi connectivity index (χ2n) is 5.78. The van der Waals surface area contributed by atoms with E-state index in [4.69, 9.17) is 28.9 Å². The summed E-state index contributed by atoms with van der Waals surface area (Å²) in [4.78, 5) is 12.1. The van der Waals surface area contributed by atoms with Crippen LogP contribution in [0.15, 0.2) is 18.2 Å². The first kappa shape index (κ1) is 19.2. The monoisotopic (exact) mass is 374 g/mol. The minimum atomic E-state index is -0.341. The van der Waals surface area contributed by atoms with Gasteiger partial charge in [-0.05, 0) is 51.1 Å². The van der Waals surface area contributed by atoms with Crippen molar-refractivity contribution in [2.75, 3.05) is 18.4 Å². The average Bonchev–Trinajstić information content (AvgIpc) is 2.50. The van der Waals surface area contributed by atoms with Crippen molar-refractivity contribution in [1.82, 2.24) is 21.3 Å². The highest BCUT2D eigenvalue weighted by molar-refractivity contribution is 6.42. The number of rotatable bonds is 6. The van der Waals surface area contributed by atoms with Crippen molar-refractivity contribution in [1.29, 1.82) is 0 Å². The third-order valence-corrected chi connectivity index (χ3v) is 4.37. The van der Waals surface area contributed by atoms with Gasteiger partial charge in [0.05, 0.1) is 16.2 Å². The van der Waals surface area contributed by atoms with E-state index in [-0.39, 0.29) is 24.5 Å². The summed E-state index contributed by atoms with van der Waals surface area (Å²) in [6.07, 6.45) is 1.60. The molecule has 1 aliphatic rings. The van der Waals surface area contributed by atoms with E-state index in [9.17, 15) is 4.79 Å². The van der Waals surface area contributed by atoms with Crippen LogP contribution in [0.3, 0.4) is 0 Å². The van der Waals surface area contributed by atoms with Crippen LogP contribution in [0.1, 0.15) is 19.8 Å². The van der Waals surface area contributed by atoms with Gasteiger partial charge in [0.25, 0.3) is 0 Å². The number of carbonyl (C=O) groups excluding carboxylic acids is 1. The predicted molar refractivity (Wildman–Crippen MR) is 98.2 cm³/mol. The second kappa shape index (κ2) is 9.41. The highest BCUT2D eigenvalue weighted by atomic mass is 35.5. The van der Waals surface area contributed by atoms with Crippen molar-refractivity contribution in [3.63, 3.8) is 0 Å². The molecule has 0 spiro atoms. The van der Waals surface area contributed by atoms with Crippen molar-refractivity contribution < 1.29 is 4.79 Å². The van der Waals surface area contributed by atoms with Crippen molar-refractivity contribution in [3.8, 4) is 0 Å². The standard InChI is InChI=1S/C15H24Cl2N6O/c1-9-7-13(19-6-2-5-18)22-14(20-9)23-15(24)21-10-3-4-11(16)12(17)8-10/h3-4,8-9,13-14,19-20,22H,2,5-7,18H2,1H3,(H2,21,23,24). The average molecular weight is 375 g/mol. The van der Waals surface area contributed by atoms with E-state index >= 15 is 0 Å². The van der Waals surface area contributed by atoms with Crippen molar-refractivity contribution in [2.24, 2.45) is 5.73 Å². The first-order valence-electron chi connectivity index (χ1n) is 7.96.